The molecule has 19 heavy (non-hydrogen) atoms. The zero-order valence-electron chi connectivity index (χ0n) is 11.8. The number of para-hydroxylation sites is 1. The van der Waals surface area contributed by atoms with Crippen molar-refractivity contribution in [1.82, 2.24) is 9.55 Å². The summed E-state index contributed by atoms with van der Waals surface area (Å²) in [5.74, 6) is 0. The van der Waals surface area contributed by atoms with Crippen LogP contribution in [0.2, 0.25) is 0 Å². The third-order valence-corrected chi connectivity index (χ3v) is 3.20. The van der Waals surface area contributed by atoms with Crippen LogP contribution in [0.3, 0.4) is 0 Å². The van der Waals surface area contributed by atoms with Crippen molar-refractivity contribution in [2.75, 3.05) is 45.4 Å². The van der Waals surface area contributed by atoms with Gasteiger partial charge in [0.25, 0.3) is 0 Å². The number of methoxy groups -OCH3 is 2. The van der Waals surface area contributed by atoms with E-state index in [1.54, 1.807) is 14.2 Å². The number of fused-ring (bicyclic) bond motifs is 1. The number of ether oxygens (including phenoxy) is 2. The number of benzene rings is 1. The Morgan fingerprint density at radius 1 is 1.16 bits per heavy atom. The van der Waals surface area contributed by atoms with Gasteiger partial charge in [0.2, 0.25) is 0 Å². The highest BCUT2D eigenvalue weighted by molar-refractivity contribution is 5.88. The van der Waals surface area contributed by atoms with Gasteiger partial charge in [-0.1, -0.05) is 6.07 Å². The molecule has 0 unspecified atom stereocenters. The maximum Gasteiger partial charge on any atom is 0.112 e. The first-order chi connectivity index (χ1) is 9.27. The SMILES string of the molecule is COCCN(CCOC)c1cccc2c1ncn2C. The Morgan fingerprint density at radius 2 is 1.84 bits per heavy atom. The van der Waals surface area contributed by atoms with E-state index in [0.29, 0.717) is 13.2 Å². The smallest absolute Gasteiger partial charge is 0.112 e. The molecule has 0 saturated heterocycles. The van der Waals surface area contributed by atoms with E-state index in [-0.39, 0.29) is 0 Å². The third kappa shape index (κ3) is 3.05. The summed E-state index contributed by atoms with van der Waals surface area (Å²) >= 11 is 0. The van der Waals surface area contributed by atoms with Crippen LogP contribution >= 0.6 is 0 Å². The van der Waals surface area contributed by atoms with Crippen molar-refractivity contribution in [3.8, 4) is 0 Å². The summed E-state index contributed by atoms with van der Waals surface area (Å²) in [6.45, 7) is 3.03. The molecule has 0 spiro atoms. The number of hydrogen-bond acceptors (Lipinski definition) is 4. The second-order valence-corrected chi connectivity index (χ2v) is 4.47. The van der Waals surface area contributed by atoms with E-state index in [9.17, 15) is 0 Å². The van der Waals surface area contributed by atoms with E-state index in [1.807, 2.05) is 17.9 Å². The lowest BCUT2D eigenvalue weighted by Crippen LogP contribution is -2.30. The van der Waals surface area contributed by atoms with Gasteiger partial charge in [-0.3, -0.25) is 0 Å². The Kier molecular flexibility index (Phi) is 4.76. The quantitative estimate of drug-likeness (QED) is 0.762. The molecule has 0 amide bonds. The molecule has 0 aliphatic rings. The summed E-state index contributed by atoms with van der Waals surface area (Å²) in [6.07, 6.45) is 1.85. The second-order valence-electron chi connectivity index (χ2n) is 4.47. The third-order valence-electron chi connectivity index (χ3n) is 3.20. The first-order valence-corrected chi connectivity index (χ1v) is 6.40. The van der Waals surface area contributed by atoms with E-state index >= 15 is 0 Å². The summed E-state index contributed by atoms with van der Waals surface area (Å²) in [5, 5.41) is 0. The molecule has 0 radical (unpaired) electrons. The molecule has 0 saturated carbocycles. The van der Waals surface area contributed by atoms with Crippen LogP contribution in [0.1, 0.15) is 0 Å². The minimum atomic E-state index is 0.687. The number of rotatable bonds is 7. The van der Waals surface area contributed by atoms with Gasteiger partial charge < -0.3 is 18.9 Å². The average Bonchev–Trinajstić information content (AvgIpc) is 2.81. The van der Waals surface area contributed by atoms with Crippen molar-refractivity contribution in [2.24, 2.45) is 7.05 Å². The van der Waals surface area contributed by atoms with E-state index < -0.39 is 0 Å². The van der Waals surface area contributed by atoms with E-state index in [1.165, 1.54) is 0 Å². The molecule has 0 bridgehead atoms. The number of anilines is 1. The fourth-order valence-corrected chi connectivity index (χ4v) is 2.15. The highest BCUT2D eigenvalue weighted by Crippen LogP contribution is 2.24. The lowest BCUT2D eigenvalue weighted by atomic mass is 10.2. The van der Waals surface area contributed by atoms with Crippen LogP contribution in [0.25, 0.3) is 11.0 Å². The number of aromatic nitrogens is 2. The molecule has 5 heteroatoms. The molecule has 0 atom stereocenters. The highest BCUT2D eigenvalue weighted by Gasteiger charge is 2.12. The van der Waals surface area contributed by atoms with Crippen molar-refractivity contribution in [2.45, 2.75) is 0 Å². The first kappa shape index (κ1) is 13.8. The van der Waals surface area contributed by atoms with Gasteiger partial charge in [-0.25, -0.2) is 4.98 Å². The van der Waals surface area contributed by atoms with E-state index in [4.69, 9.17) is 9.47 Å². The largest absolute Gasteiger partial charge is 0.383 e. The maximum atomic E-state index is 5.18. The van der Waals surface area contributed by atoms with Gasteiger partial charge in [0.1, 0.15) is 5.52 Å². The van der Waals surface area contributed by atoms with Crippen LogP contribution < -0.4 is 4.90 Å². The van der Waals surface area contributed by atoms with E-state index in [0.717, 1.165) is 29.8 Å². The van der Waals surface area contributed by atoms with Crippen molar-refractivity contribution in [3.05, 3.63) is 24.5 Å². The Bertz CT molecular complexity index is 516. The lowest BCUT2D eigenvalue weighted by molar-refractivity contribution is 0.190. The molecule has 1 aromatic heterocycles. The zero-order valence-corrected chi connectivity index (χ0v) is 11.8. The maximum absolute atomic E-state index is 5.18. The summed E-state index contributed by atoms with van der Waals surface area (Å²) in [7, 11) is 5.44. The second kappa shape index (κ2) is 6.54. The summed E-state index contributed by atoms with van der Waals surface area (Å²) in [6, 6.07) is 6.24. The molecule has 1 aromatic carbocycles. The van der Waals surface area contributed by atoms with Gasteiger partial charge in [-0.2, -0.15) is 0 Å². The summed E-state index contributed by atoms with van der Waals surface area (Å²) in [5.41, 5.74) is 3.29. The molecule has 2 aromatic rings. The van der Waals surface area contributed by atoms with Gasteiger partial charge in [0.05, 0.1) is 30.7 Å². The molecular formula is C14H21N3O2. The van der Waals surface area contributed by atoms with E-state index in [2.05, 4.69) is 28.1 Å². The minimum absolute atomic E-state index is 0.687. The van der Waals surface area contributed by atoms with Gasteiger partial charge in [0, 0.05) is 34.4 Å². The van der Waals surface area contributed by atoms with Crippen molar-refractivity contribution in [1.29, 1.82) is 0 Å². The van der Waals surface area contributed by atoms with Gasteiger partial charge in [0.15, 0.2) is 0 Å². The average molecular weight is 263 g/mol. The molecule has 0 fully saturated rings. The molecular weight excluding hydrogens is 242 g/mol. The standard InChI is InChI=1S/C14H21N3O2/c1-16-11-15-14-12(16)5-4-6-13(14)17(7-9-18-2)8-10-19-3/h4-6,11H,7-10H2,1-3H3. The lowest BCUT2D eigenvalue weighted by Gasteiger charge is -2.24. The fraction of sp³-hybridized carbons (Fsp3) is 0.500. The number of aryl methyl sites for hydroxylation is 1. The normalized spacial score (nSPS) is 11.1. The van der Waals surface area contributed by atoms with Crippen LogP contribution in [0.5, 0.6) is 0 Å². The predicted octanol–water partition coefficient (Wildman–Crippen LogP) is 1.67. The first-order valence-electron chi connectivity index (χ1n) is 6.40. The van der Waals surface area contributed by atoms with Crippen molar-refractivity contribution in [3.63, 3.8) is 0 Å². The molecule has 104 valence electrons. The van der Waals surface area contributed by atoms with Crippen LogP contribution in [-0.4, -0.2) is 50.1 Å². The molecule has 0 N–H and O–H groups in total. The Labute approximate surface area is 113 Å². The fourth-order valence-electron chi connectivity index (χ4n) is 2.15. The molecule has 0 aliphatic heterocycles. The Hall–Kier alpha value is -1.59. The summed E-state index contributed by atoms with van der Waals surface area (Å²) in [4.78, 5) is 6.75. The number of hydrogen-bond donors (Lipinski definition) is 0. The Morgan fingerprint density at radius 3 is 2.47 bits per heavy atom. The van der Waals surface area contributed by atoms with Crippen LogP contribution in [0, 0.1) is 0 Å². The van der Waals surface area contributed by atoms with Crippen LogP contribution in [0.15, 0.2) is 24.5 Å². The van der Waals surface area contributed by atoms with Crippen LogP contribution in [0.4, 0.5) is 5.69 Å². The topological polar surface area (TPSA) is 39.5 Å². The van der Waals surface area contributed by atoms with Gasteiger partial charge in [-0.05, 0) is 12.1 Å². The molecule has 0 aliphatic carbocycles. The monoisotopic (exact) mass is 263 g/mol. The molecule has 1 heterocycles. The van der Waals surface area contributed by atoms with Gasteiger partial charge in [-0.15, -0.1) is 0 Å². The minimum Gasteiger partial charge on any atom is -0.383 e. The Balaban J connectivity index is 2.31. The summed E-state index contributed by atoms with van der Waals surface area (Å²) < 4.78 is 12.4. The number of nitrogens with zero attached hydrogens (tertiary/aromatic N) is 3. The molecule has 2 rings (SSSR count). The highest BCUT2D eigenvalue weighted by atomic mass is 16.5. The van der Waals surface area contributed by atoms with Crippen molar-refractivity contribution < 1.29 is 9.47 Å². The number of imidazole rings is 1. The van der Waals surface area contributed by atoms with Crippen molar-refractivity contribution >= 4 is 16.7 Å². The zero-order chi connectivity index (χ0) is 13.7. The van der Waals surface area contributed by atoms with Gasteiger partial charge >= 0.3 is 0 Å². The molecule has 5 nitrogen and oxygen atoms in total. The predicted molar refractivity (Wildman–Crippen MR) is 76.7 cm³/mol. The van der Waals surface area contributed by atoms with Crippen LogP contribution in [-0.2, 0) is 16.5 Å².